The lowest BCUT2D eigenvalue weighted by Crippen LogP contribution is -2.57. The highest BCUT2D eigenvalue weighted by Gasteiger charge is 2.65. The number of aliphatic hydroxyl groups is 1. The monoisotopic (exact) mass is 360 g/mol. The summed E-state index contributed by atoms with van der Waals surface area (Å²) in [5.74, 6) is 1.55. The van der Waals surface area contributed by atoms with Crippen LogP contribution in [-0.4, -0.2) is 29.1 Å². The molecule has 0 spiro atoms. The van der Waals surface area contributed by atoms with Gasteiger partial charge in [0.05, 0.1) is 0 Å². The Balaban J connectivity index is 1.64. The molecule has 4 nitrogen and oxygen atoms in total. The van der Waals surface area contributed by atoms with Gasteiger partial charge >= 0.3 is 0 Å². The molecule has 4 aliphatic carbocycles. The van der Waals surface area contributed by atoms with Crippen molar-refractivity contribution < 1.29 is 19.4 Å². The van der Waals surface area contributed by atoms with Gasteiger partial charge < -0.3 is 9.84 Å². The van der Waals surface area contributed by atoms with Crippen molar-refractivity contribution >= 4 is 12.3 Å². The Labute approximate surface area is 156 Å². The number of allylic oxidation sites excluding steroid dienone is 1. The average molecular weight is 360 g/mol. The Hall–Kier alpha value is -1.16. The molecule has 4 aliphatic rings. The maximum atomic E-state index is 12.3. The Morgan fingerprint density at radius 2 is 1.92 bits per heavy atom. The summed E-state index contributed by atoms with van der Waals surface area (Å²) in [7, 11) is 0. The first-order valence-electron chi connectivity index (χ1n) is 10.3. The van der Waals surface area contributed by atoms with Crippen LogP contribution in [0.3, 0.4) is 0 Å². The molecular formula is C22H32O4. The molecule has 0 saturated heterocycles. The third-order valence-corrected chi connectivity index (χ3v) is 9.04. The Kier molecular flexibility index (Phi) is 4.15. The first-order chi connectivity index (χ1) is 12.3. The SMILES string of the molecule is CC(=O)[C@]1(O)CC[C@H]2[C@@H]3CC=C4C[C@H](OC=O)CC[C@]4(C)[C@@H]3CC[C@@]21C. The molecule has 1 N–H and O–H groups in total. The standard InChI is InChI=1S/C22H32O4/c1-14(24)22(25)11-8-19-17-5-4-15-12-16(26-13-23)6-9-20(15,2)18(17)7-10-21(19,22)3/h4,13,16-19,25H,5-12H2,1-3H3/t16-,17-,18-,19+,20+,21+,22-/m1/s1. The summed E-state index contributed by atoms with van der Waals surface area (Å²) < 4.78 is 5.26. The summed E-state index contributed by atoms with van der Waals surface area (Å²) in [5.41, 5.74) is 0.243. The Morgan fingerprint density at radius 1 is 1.19 bits per heavy atom. The highest BCUT2D eigenvalue weighted by atomic mass is 16.5. The lowest BCUT2D eigenvalue weighted by atomic mass is 9.47. The molecule has 0 unspecified atom stereocenters. The zero-order valence-corrected chi connectivity index (χ0v) is 16.3. The number of fused-ring (bicyclic) bond motifs is 5. The smallest absolute Gasteiger partial charge is 0.293 e. The second-order valence-corrected chi connectivity index (χ2v) is 9.77. The Bertz CT molecular complexity index is 655. The van der Waals surface area contributed by atoms with Gasteiger partial charge in [-0.3, -0.25) is 9.59 Å². The van der Waals surface area contributed by atoms with Gasteiger partial charge in [-0.05, 0) is 75.0 Å². The fraction of sp³-hybridized carbons (Fsp3) is 0.818. The van der Waals surface area contributed by atoms with Crippen LogP contribution >= 0.6 is 0 Å². The third-order valence-electron chi connectivity index (χ3n) is 9.04. The Morgan fingerprint density at radius 3 is 2.62 bits per heavy atom. The van der Waals surface area contributed by atoms with Crippen LogP contribution in [0.25, 0.3) is 0 Å². The van der Waals surface area contributed by atoms with E-state index in [1.54, 1.807) is 6.92 Å². The summed E-state index contributed by atoms with van der Waals surface area (Å²) >= 11 is 0. The van der Waals surface area contributed by atoms with E-state index in [2.05, 4.69) is 19.9 Å². The minimum Gasteiger partial charge on any atom is -0.464 e. The van der Waals surface area contributed by atoms with Gasteiger partial charge in [0.1, 0.15) is 11.7 Å². The van der Waals surface area contributed by atoms with Gasteiger partial charge in [0.25, 0.3) is 6.47 Å². The number of ketones is 1. The average Bonchev–Trinajstić information content (AvgIpc) is 2.88. The van der Waals surface area contributed by atoms with Crippen LogP contribution in [0.15, 0.2) is 11.6 Å². The topological polar surface area (TPSA) is 63.6 Å². The maximum Gasteiger partial charge on any atom is 0.293 e. The van der Waals surface area contributed by atoms with Gasteiger partial charge in [0.15, 0.2) is 5.78 Å². The normalized spacial score (nSPS) is 50.1. The van der Waals surface area contributed by atoms with E-state index in [-0.39, 0.29) is 22.7 Å². The predicted molar refractivity (Wildman–Crippen MR) is 98.3 cm³/mol. The van der Waals surface area contributed by atoms with Crippen LogP contribution in [-0.2, 0) is 14.3 Å². The lowest BCUT2D eigenvalue weighted by molar-refractivity contribution is -0.159. The maximum absolute atomic E-state index is 12.3. The molecule has 0 amide bonds. The molecule has 4 rings (SSSR count). The number of ether oxygens (including phenoxy) is 1. The van der Waals surface area contributed by atoms with Gasteiger partial charge in [-0.1, -0.05) is 25.5 Å². The summed E-state index contributed by atoms with van der Waals surface area (Å²) in [4.78, 5) is 23.0. The molecule has 0 aromatic rings. The molecule has 26 heavy (non-hydrogen) atoms. The molecule has 0 heterocycles. The van der Waals surface area contributed by atoms with Crippen LogP contribution in [0.1, 0.15) is 72.1 Å². The summed E-state index contributed by atoms with van der Waals surface area (Å²) in [6.07, 6.45) is 9.96. The zero-order valence-electron chi connectivity index (χ0n) is 16.3. The molecular weight excluding hydrogens is 328 g/mol. The van der Waals surface area contributed by atoms with E-state index in [1.165, 1.54) is 5.57 Å². The molecule has 0 aliphatic heterocycles. The van der Waals surface area contributed by atoms with Crippen molar-refractivity contribution in [2.45, 2.75) is 83.8 Å². The number of hydrogen-bond acceptors (Lipinski definition) is 4. The van der Waals surface area contributed by atoms with E-state index in [0.717, 1.165) is 44.9 Å². The van der Waals surface area contributed by atoms with E-state index in [0.29, 0.717) is 30.6 Å². The van der Waals surface area contributed by atoms with E-state index in [1.807, 2.05) is 0 Å². The van der Waals surface area contributed by atoms with Crippen molar-refractivity contribution in [2.75, 3.05) is 0 Å². The molecule has 3 saturated carbocycles. The predicted octanol–water partition coefficient (Wildman–Crippen LogP) is 3.81. The summed E-state index contributed by atoms with van der Waals surface area (Å²) in [6, 6.07) is 0. The van der Waals surface area contributed by atoms with E-state index in [9.17, 15) is 14.7 Å². The van der Waals surface area contributed by atoms with Crippen molar-refractivity contribution in [3.63, 3.8) is 0 Å². The van der Waals surface area contributed by atoms with Crippen LogP contribution < -0.4 is 0 Å². The molecule has 3 fully saturated rings. The largest absolute Gasteiger partial charge is 0.464 e. The number of hydrogen-bond donors (Lipinski definition) is 1. The summed E-state index contributed by atoms with van der Waals surface area (Å²) in [6.45, 7) is 6.72. The quantitative estimate of drug-likeness (QED) is 0.614. The molecule has 4 heteroatoms. The second kappa shape index (κ2) is 5.92. The molecule has 7 atom stereocenters. The van der Waals surface area contributed by atoms with Gasteiger partial charge in [0.2, 0.25) is 0 Å². The highest BCUT2D eigenvalue weighted by Crippen LogP contribution is 2.67. The summed E-state index contributed by atoms with van der Waals surface area (Å²) in [5, 5.41) is 11.2. The van der Waals surface area contributed by atoms with Crippen molar-refractivity contribution in [2.24, 2.45) is 28.6 Å². The molecule has 0 aromatic carbocycles. The van der Waals surface area contributed by atoms with Crippen molar-refractivity contribution in [3.05, 3.63) is 11.6 Å². The number of carbonyl (C=O) groups excluding carboxylic acids is 2. The van der Waals surface area contributed by atoms with E-state index < -0.39 is 5.60 Å². The minimum atomic E-state index is -1.14. The van der Waals surface area contributed by atoms with Crippen molar-refractivity contribution in [1.29, 1.82) is 0 Å². The van der Waals surface area contributed by atoms with Gasteiger partial charge in [-0.25, -0.2) is 0 Å². The van der Waals surface area contributed by atoms with Crippen molar-refractivity contribution in [3.8, 4) is 0 Å². The zero-order chi connectivity index (χ0) is 18.7. The fourth-order valence-electron chi connectivity index (χ4n) is 7.42. The molecule has 0 radical (unpaired) electrons. The van der Waals surface area contributed by atoms with E-state index in [4.69, 9.17) is 4.74 Å². The van der Waals surface area contributed by atoms with Gasteiger partial charge in [-0.2, -0.15) is 0 Å². The second-order valence-electron chi connectivity index (χ2n) is 9.77. The number of Topliss-reactive ketones (excluding diaryl/α,β-unsaturated/α-hetero) is 1. The first-order valence-corrected chi connectivity index (χ1v) is 10.3. The van der Waals surface area contributed by atoms with Crippen LogP contribution in [0.2, 0.25) is 0 Å². The van der Waals surface area contributed by atoms with E-state index >= 15 is 0 Å². The first kappa shape index (κ1) is 18.2. The van der Waals surface area contributed by atoms with Gasteiger partial charge in [-0.15, -0.1) is 0 Å². The molecule has 0 bridgehead atoms. The van der Waals surface area contributed by atoms with Crippen LogP contribution in [0, 0.1) is 28.6 Å². The van der Waals surface area contributed by atoms with Crippen LogP contribution in [0.5, 0.6) is 0 Å². The minimum absolute atomic E-state index is 0.0338. The number of carbonyl (C=O) groups is 2. The van der Waals surface area contributed by atoms with Crippen molar-refractivity contribution in [1.82, 2.24) is 0 Å². The molecule has 0 aromatic heterocycles. The highest BCUT2D eigenvalue weighted by molar-refractivity contribution is 5.86. The molecule has 144 valence electrons. The van der Waals surface area contributed by atoms with Gasteiger partial charge in [0, 0.05) is 11.8 Å². The lowest BCUT2D eigenvalue weighted by Gasteiger charge is -2.58. The fourth-order valence-corrected chi connectivity index (χ4v) is 7.42. The third kappa shape index (κ3) is 2.23. The number of rotatable bonds is 3. The van der Waals surface area contributed by atoms with Crippen LogP contribution in [0.4, 0.5) is 0 Å².